The number of amides is 1. The number of carbonyl (C=O) groups excluding carboxylic acids is 1. The van der Waals surface area contributed by atoms with E-state index in [0.29, 0.717) is 36.0 Å². The maximum absolute atomic E-state index is 13.6. The number of nitrogens with one attached hydrogen (secondary N) is 2. The zero-order valence-corrected chi connectivity index (χ0v) is 19.6. The van der Waals surface area contributed by atoms with Crippen LogP contribution in [0, 0.1) is 12.7 Å². The van der Waals surface area contributed by atoms with E-state index in [2.05, 4.69) is 27.3 Å². The fourth-order valence-electron chi connectivity index (χ4n) is 3.93. The summed E-state index contributed by atoms with van der Waals surface area (Å²) in [5.74, 6) is 0.627. The largest absolute Gasteiger partial charge is 0.499 e. The molecule has 0 saturated heterocycles. The average Bonchev–Trinajstić information content (AvgIpc) is 3.26. The SMILES string of the molecule is C=C(OC)[C@H]1C(=O)Nc2c(cc(NCc3cnn(Cc4ccc(F)c(OC)c4)c3)nc2C)N1C. The maximum Gasteiger partial charge on any atom is 0.255 e. The van der Waals surface area contributed by atoms with Crippen LogP contribution in [0.25, 0.3) is 0 Å². The third-order valence-electron chi connectivity index (χ3n) is 5.73. The van der Waals surface area contributed by atoms with E-state index in [1.807, 2.05) is 31.1 Å². The standard InChI is InChI=1S/C24H27FN6O3/c1-14-22-19(30(3)23(15(2)33-4)24(32)29-22)9-21(28-14)26-10-17-11-27-31(13-17)12-16-6-7-18(25)20(8-16)34-5/h6-9,11,13,23H,2,10,12H2,1,3-5H3,(H,26,28)(H,29,32)/t23-/m0/s1. The molecular formula is C24H27FN6O3. The Kier molecular flexibility index (Phi) is 6.40. The Morgan fingerprint density at radius 1 is 1.29 bits per heavy atom. The van der Waals surface area contributed by atoms with Crippen LogP contribution in [0.1, 0.15) is 16.8 Å². The summed E-state index contributed by atoms with van der Waals surface area (Å²) in [6.07, 6.45) is 3.68. The summed E-state index contributed by atoms with van der Waals surface area (Å²) >= 11 is 0. The van der Waals surface area contributed by atoms with Crippen molar-refractivity contribution in [3.05, 3.63) is 71.6 Å². The third-order valence-corrected chi connectivity index (χ3v) is 5.73. The van der Waals surface area contributed by atoms with Crippen LogP contribution in [0.3, 0.4) is 0 Å². The van der Waals surface area contributed by atoms with Gasteiger partial charge < -0.3 is 25.0 Å². The Hall–Kier alpha value is -4.08. The summed E-state index contributed by atoms with van der Waals surface area (Å²) in [4.78, 5) is 18.9. The monoisotopic (exact) mass is 466 g/mol. The molecule has 10 heteroatoms. The Balaban J connectivity index is 1.46. The molecule has 1 atom stereocenters. The van der Waals surface area contributed by atoms with Crippen molar-refractivity contribution in [2.45, 2.75) is 26.1 Å². The number of rotatable bonds is 8. The van der Waals surface area contributed by atoms with Gasteiger partial charge in [0.15, 0.2) is 17.6 Å². The minimum atomic E-state index is -0.629. The number of carbonyl (C=O) groups is 1. The highest BCUT2D eigenvalue weighted by Gasteiger charge is 2.35. The van der Waals surface area contributed by atoms with Crippen LogP contribution in [0.2, 0.25) is 0 Å². The van der Waals surface area contributed by atoms with Crippen molar-refractivity contribution in [1.82, 2.24) is 14.8 Å². The van der Waals surface area contributed by atoms with E-state index in [9.17, 15) is 9.18 Å². The van der Waals surface area contributed by atoms with Gasteiger partial charge in [0.05, 0.1) is 44.0 Å². The number of ether oxygens (including phenoxy) is 2. The van der Waals surface area contributed by atoms with Crippen molar-refractivity contribution in [3.8, 4) is 5.75 Å². The minimum absolute atomic E-state index is 0.206. The molecule has 1 amide bonds. The summed E-state index contributed by atoms with van der Waals surface area (Å²) in [5.41, 5.74) is 4.02. The molecule has 0 saturated carbocycles. The van der Waals surface area contributed by atoms with Gasteiger partial charge in [-0.2, -0.15) is 5.10 Å². The van der Waals surface area contributed by atoms with E-state index < -0.39 is 11.9 Å². The Morgan fingerprint density at radius 2 is 2.09 bits per heavy atom. The van der Waals surface area contributed by atoms with Crippen LogP contribution >= 0.6 is 0 Å². The normalized spacial score (nSPS) is 14.9. The van der Waals surface area contributed by atoms with E-state index in [-0.39, 0.29) is 11.7 Å². The molecule has 0 spiro atoms. The molecule has 0 radical (unpaired) electrons. The van der Waals surface area contributed by atoms with Gasteiger partial charge in [0.2, 0.25) is 0 Å². The van der Waals surface area contributed by atoms with Crippen LogP contribution in [0.4, 0.5) is 21.6 Å². The third kappa shape index (κ3) is 4.52. The molecular weight excluding hydrogens is 439 g/mol. The average molecular weight is 467 g/mol. The summed E-state index contributed by atoms with van der Waals surface area (Å²) in [7, 11) is 4.76. The lowest BCUT2D eigenvalue weighted by Gasteiger charge is -2.36. The highest BCUT2D eigenvalue weighted by atomic mass is 19.1. The number of hydrogen-bond acceptors (Lipinski definition) is 7. The molecule has 3 aromatic rings. The molecule has 2 aromatic heterocycles. The molecule has 0 bridgehead atoms. The van der Waals surface area contributed by atoms with Crippen molar-refractivity contribution in [1.29, 1.82) is 0 Å². The molecule has 2 N–H and O–H groups in total. The Morgan fingerprint density at radius 3 is 2.82 bits per heavy atom. The van der Waals surface area contributed by atoms with Crippen molar-refractivity contribution in [3.63, 3.8) is 0 Å². The van der Waals surface area contributed by atoms with Gasteiger partial charge in [-0.05, 0) is 24.6 Å². The molecule has 0 fully saturated rings. The van der Waals surface area contributed by atoms with Gasteiger partial charge in [-0.3, -0.25) is 9.48 Å². The summed E-state index contributed by atoms with van der Waals surface area (Å²) in [5, 5.41) is 10.6. The molecule has 9 nitrogen and oxygen atoms in total. The molecule has 0 aliphatic carbocycles. The summed E-state index contributed by atoms with van der Waals surface area (Å²) in [6, 6.07) is 6.01. The van der Waals surface area contributed by atoms with Gasteiger partial charge in [-0.1, -0.05) is 12.6 Å². The van der Waals surface area contributed by atoms with E-state index in [1.165, 1.54) is 20.3 Å². The molecule has 3 heterocycles. The van der Waals surface area contributed by atoms with Crippen LogP contribution in [-0.4, -0.2) is 48.0 Å². The van der Waals surface area contributed by atoms with Gasteiger partial charge in [-0.15, -0.1) is 0 Å². The highest BCUT2D eigenvalue weighted by Crippen LogP contribution is 2.36. The predicted octanol–water partition coefficient (Wildman–Crippen LogP) is 3.31. The van der Waals surface area contributed by atoms with E-state index >= 15 is 0 Å². The predicted molar refractivity (Wildman–Crippen MR) is 128 cm³/mol. The lowest BCUT2D eigenvalue weighted by atomic mass is 10.1. The maximum atomic E-state index is 13.6. The van der Waals surface area contributed by atoms with Crippen molar-refractivity contribution >= 4 is 23.1 Å². The molecule has 34 heavy (non-hydrogen) atoms. The molecule has 178 valence electrons. The lowest BCUT2D eigenvalue weighted by molar-refractivity contribution is -0.117. The molecule has 1 aliphatic heterocycles. The first-order valence-corrected chi connectivity index (χ1v) is 10.7. The number of anilines is 3. The molecule has 0 unspecified atom stereocenters. The number of fused-ring (bicyclic) bond motifs is 1. The van der Waals surface area contributed by atoms with Gasteiger partial charge >= 0.3 is 0 Å². The fraction of sp³-hybridized carbons (Fsp3) is 0.292. The summed E-state index contributed by atoms with van der Waals surface area (Å²) in [6.45, 7) is 6.68. The van der Waals surface area contributed by atoms with Gasteiger partial charge in [0, 0.05) is 31.4 Å². The second kappa shape index (κ2) is 9.42. The number of benzene rings is 1. The Bertz CT molecular complexity index is 1240. The molecule has 4 rings (SSSR count). The lowest BCUT2D eigenvalue weighted by Crippen LogP contribution is -2.47. The number of hydrogen-bond donors (Lipinski definition) is 2. The second-order valence-electron chi connectivity index (χ2n) is 8.03. The van der Waals surface area contributed by atoms with Gasteiger partial charge in [0.1, 0.15) is 11.6 Å². The van der Waals surface area contributed by atoms with Crippen molar-refractivity contribution in [2.75, 3.05) is 36.8 Å². The minimum Gasteiger partial charge on any atom is -0.499 e. The fourth-order valence-corrected chi connectivity index (χ4v) is 3.93. The van der Waals surface area contributed by atoms with Crippen LogP contribution in [-0.2, 0) is 22.6 Å². The van der Waals surface area contributed by atoms with Crippen molar-refractivity contribution in [2.24, 2.45) is 0 Å². The first-order chi connectivity index (χ1) is 16.3. The molecule has 1 aromatic carbocycles. The van der Waals surface area contributed by atoms with E-state index in [1.54, 1.807) is 23.0 Å². The zero-order valence-electron chi connectivity index (χ0n) is 19.6. The highest BCUT2D eigenvalue weighted by molar-refractivity contribution is 6.05. The number of aryl methyl sites for hydroxylation is 1. The number of likely N-dealkylation sites (N-methyl/N-ethyl adjacent to an activating group) is 1. The van der Waals surface area contributed by atoms with Crippen molar-refractivity contribution < 1.29 is 18.7 Å². The second-order valence-corrected chi connectivity index (χ2v) is 8.03. The van der Waals surface area contributed by atoms with Crippen LogP contribution in [0.5, 0.6) is 5.75 Å². The number of halogens is 1. The number of pyridine rings is 1. The first kappa shape index (κ1) is 23.1. The van der Waals surface area contributed by atoms with Crippen LogP contribution < -0.4 is 20.3 Å². The van der Waals surface area contributed by atoms with Crippen LogP contribution in [0.15, 0.2) is 49.0 Å². The first-order valence-electron chi connectivity index (χ1n) is 10.7. The van der Waals surface area contributed by atoms with Gasteiger partial charge in [-0.25, -0.2) is 9.37 Å². The Labute approximate surface area is 197 Å². The van der Waals surface area contributed by atoms with E-state index in [0.717, 1.165) is 16.8 Å². The topological polar surface area (TPSA) is 93.5 Å². The zero-order chi connectivity index (χ0) is 24.4. The number of nitrogens with zero attached hydrogens (tertiary/aromatic N) is 4. The summed E-state index contributed by atoms with van der Waals surface area (Å²) < 4.78 is 25.7. The van der Waals surface area contributed by atoms with Gasteiger partial charge in [0.25, 0.3) is 5.91 Å². The quantitative estimate of drug-likeness (QED) is 0.492. The smallest absolute Gasteiger partial charge is 0.255 e. The molecule has 1 aliphatic rings. The number of aromatic nitrogens is 3. The number of methoxy groups -OCH3 is 2. The van der Waals surface area contributed by atoms with E-state index in [4.69, 9.17) is 9.47 Å².